The number of nitrogens with one attached hydrogen (secondary N) is 1. The quantitative estimate of drug-likeness (QED) is 0.909. The molecule has 0 spiro atoms. The van der Waals surface area contributed by atoms with Crippen molar-refractivity contribution in [2.75, 3.05) is 7.11 Å². The first-order valence-corrected chi connectivity index (χ1v) is 8.09. The van der Waals surface area contributed by atoms with Crippen LogP contribution in [0.5, 0.6) is 5.75 Å². The molecule has 0 bridgehead atoms. The van der Waals surface area contributed by atoms with E-state index in [-0.39, 0.29) is 0 Å². The maximum Gasteiger partial charge on any atom is 0.119 e. The zero-order chi connectivity index (χ0) is 14.1. The topological polar surface area (TPSA) is 21.3 Å². The van der Waals surface area contributed by atoms with Gasteiger partial charge >= 0.3 is 0 Å². The van der Waals surface area contributed by atoms with Crippen LogP contribution in [0.4, 0.5) is 0 Å². The molecular formula is C18H27NO. The Bertz CT molecular complexity index is 470. The molecule has 2 aliphatic carbocycles. The fourth-order valence-electron chi connectivity index (χ4n) is 3.91. The molecule has 0 aromatic heterocycles. The zero-order valence-corrected chi connectivity index (χ0v) is 13.0. The van der Waals surface area contributed by atoms with Crippen molar-refractivity contribution < 1.29 is 4.74 Å². The van der Waals surface area contributed by atoms with Crippen LogP contribution in [0.25, 0.3) is 0 Å². The van der Waals surface area contributed by atoms with E-state index in [2.05, 4.69) is 37.4 Å². The van der Waals surface area contributed by atoms with Gasteiger partial charge in [-0.3, -0.25) is 0 Å². The van der Waals surface area contributed by atoms with Gasteiger partial charge in [0.25, 0.3) is 0 Å². The summed E-state index contributed by atoms with van der Waals surface area (Å²) in [5.41, 5.74) is 2.99. The summed E-state index contributed by atoms with van der Waals surface area (Å²) in [6, 6.07) is 7.93. The van der Waals surface area contributed by atoms with Crippen LogP contribution in [-0.2, 0) is 12.8 Å². The van der Waals surface area contributed by atoms with Gasteiger partial charge in [-0.05, 0) is 67.2 Å². The Morgan fingerprint density at radius 2 is 1.95 bits per heavy atom. The standard InChI is InChI=1S/C18H27NO/c1-12-4-9-18(13(12)2)19-16-7-5-14-6-8-17(20-3)11-15(14)10-16/h6,8,11-13,16,18-19H,4-5,7,9-10H2,1-3H3. The Hall–Kier alpha value is -1.02. The van der Waals surface area contributed by atoms with Crippen LogP contribution in [0.2, 0.25) is 0 Å². The van der Waals surface area contributed by atoms with E-state index in [4.69, 9.17) is 4.74 Å². The van der Waals surface area contributed by atoms with E-state index in [9.17, 15) is 0 Å². The third-order valence-corrected chi connectivity index (χ3v) is 5.56. The summed E-state index contributed by atoms with van der Waals surface area (Å²) in [6.45, 7) is 4.81. The Kier molecular flexibility index (Phi) is 4.02. The second-order valence-electron chi connectivity index (χ2n) is 6.76. The second-order valence-corrected chi connectivity index (χ2v) is 6.76. The molecule has 0 saturated heterocycles. The normalized spacial score (nSPS) is 33.0. The summed E-state index contributed by atoms with van der Waals surface area (Å²) in [7, 11) is 1.75. The highest BCUT2D eigenvalue weighted by molar-refractivity contribution is 5.37. The van der Waals surface area contributed by atoms with Gasteiger partial charge in [-0.2, -0.15) is 0 Å². The van der Waals surface area contributed by atoms with Crippen LogP contribution in [0.15, 0.2) is 18.2 Å². The van der Waals surface area contributed by atoms with Gasteiger partial charge in [0.15, 0.2) is 0 Å². The van der Waals surface area contributed by atoms with Crippen LogP contribution in [0, 0.1) is 11.8 Å². The first kappa shape index (κ1) is 13.9. The highest BCUT2D eigenvalue weighted by Gasteiger charge is 2.31. The average Bonchev–Trinajstić information content (AvgIpc) is 2.78. The van der Waals surface area contributed by atoms with E-state index < -0.39 is 0 Å². The van der Waals surface area contributed by atoms with Crippen molar-refractivity contribution in [1.82, 2.24) is 5.32 Å². The van der Waals surface area contributed by atoms with Crippen molar-refractivity contribution in [2.45, 2.75) is 58.0 Å². The van der Waals surface area contributed by atoms with Gasteiger partial charge in [-0.25, -0.2) is 0 Å². The predicted molar refractivity (Wildman–Crippen MR) is 83.3 cm³/mol. The van der Waals surface area contributed by atoms with E-state index in [0.29, 0.717) is 6.04 Å². The predicted octanol–water partition coefficient (Wildman–Crippen LogP) is 3.58. The SMILES string of the molecule is COc1ccc2c(c1)CC(NC1CCC(C)C1C)CC2. The van der Waals surface area contributed by atoms with Crippen LogP contribution in [0.1, 0.15) is 44.2 Å². The first-order valence-electron chi connectivity index (χ1n) is 8.09. The average molecular weight is 273 g/mol. The molecule has 110 valence electrons. The molecule has 0 aliphatic heterocycles. The lowest BCUT2D eigenvalue weighted by atomic mass is 9.87. The van der Waals surface area contributed by atoms with Gasteiger partial charge in [0.1, 0.15) is 5.75 Å². The van der Waals surface area contributed by atoms with E-state index in [1.165, 1.54) is 36.8 Å². The van der Waals surface area contributed by atoms with Crippen molar-refractivity contribution in [3.63, 3.8) is 0 Å². The molecule has 0 amide bonds. The second kappa shape index (κ2) is 5.77. The summed E-state index contributed by atoms with van der Waals surface area (Å²) in [5.74, 6) is 2.69. The van der Waals surface area contributed by atoms with Gasteiger partial charge in [0.2, 0.25) is 0 Å². The van der Waals surface area contributed by atoms with Crippen molar-refractivity contribution >= 4 is 0 Å². The summed E-state index contributed by atoms with van der Waals surface area (Å²) in [4.78, 5) is 0. The molecule has 1 fully saturated rings. The first-order chi connectivity index (χ1) is 9.67. The van der Waals surface area contributed by atoms with Gasteiger partial charge in [0.05, 0.1) is 7.11 Å². The monoisotopic (exact) mass is 273 g/mol. The Labute approximate surface area is 122 Å². The van der Waals surface area contributed by atoms with Crippen LogP contribution < -0.4 is 10.1 Å². The maximum atomic E-state index is 5.36. The molecule has 3 rings (SSSR count). The number of aryl methyl sites for hydroxylation is 1. The van der Waals surface area contributed by atoms with Crippen molar-refractivity contribution in [3.8, 4) is 5.75 Å². The molecule has 1 saturated carbocycles. The molecule has 4 atom stereocenters. The fourth-order valence-corrected chi connectivity index (χ4v) is 3.91. The molecule has 0 heterocycles. The van der Waals surface area contributed by atoms with Gasteiger partial charge in [0, 0.05) is 12.1 Å². The molecule has 1 N–H and O–H groups in total. The Balaban J connectivity index is 1.66. The van der Waals surface area contributed by atoms with Crippen molar-refractivity contribution in [1.29, 1.82) is 0 Å². The minimum Gasteiger partial charge on any atom is -0.497 e. The molecule has 20 heavy (non-hydrogen) atoms. The minimum atomic E-state index is 0.646. The van der Waals surface area contributed by atoms with Crippen LogP contribution in [-0.4, -0.2) is 19.2 Å². The van der Waals surface area contributed by atoms with E-state index in [1.807, 2.05) is 0 Å². The largest absolute Gasteiger partial charge is 0.497 e. The molecule has 4 unspecified atom stereocenters. The third-order valence-electron chi connectivity index (χ3n) is 5.56. The number of hydrogen-bond donors (Lipinski definition) is 1. The highest BCUT2D eigenvalue weighted by atomic mass is 16.5. The number of fused-ring (bicyclic) bond motifs is 1. The molecule has 1 aromatic carbocycles. The van der Waals surface area contributed by atoms with Crippen LogP contribution in [0.3, 0.4) is 0 Å². The summed E-state index contributed by atoms with van der Waals surface area (Å²) in [5, 5.41) is 3.94. The molecule has 2 nitrogen and oxygen atoms in total. The molecule has 2 heteroatoms. The Morgan fingerprint density at radius 3 is 2.65 bits per heavy atom. The lowest BCUT2D eigenvalue weighted by Gasteiger charge is -2.30. The number of rotatable bonds is 3. The van der Waals surface area contributed by atoms with Gasteiger partial charge in [-0.1, -0.05) is 19.9 Å². The minimum absolute atomic E-state index is 0.646. The smallest absolute Gasteiger partial charge is 0.119 e. The third kappa shape index (κ3) is 2.71. The fraction of sp³-hybridized carbons (Fsp3) is 0.667. The molecule has 1 aromatic rings. The summed E-state index contributed by atoms with van der Waals surface area (Å²) < 4.78 is 5.36. The van der Waals surface area contributed by atoms with E-state index in [1.54, 1.807) is 7.11 Å². The van der Waals surface area contributed by atoms with E-state index in [0.717, 1.165) is 30.0 Å². The zero-order valence-electron chi connectivity index (χ0n) is 13.0. The molecular weight excluding hydrogens is 246 g/mol. The Morgan fingerprint density at radius 1 is 1.10 bits per heavy atom. The van der Waals surface area contributed by atoms with Crippen molar-refractivity contribution in [2.24, 2.45) is 11.8 Å². The number of methoxy groups -OCH3 is 1. The van der Waals surface area contributed by atoms with Crippen molar-refractivity contribution in [3.05, 3.63) is 29.3 Å². The number of hydrogen-bond acceptors (Lipinski definition) is 2. The number of ether oxygens (including phenoxy) is 1. The summed E-state index contributed by atoms with van der Waals surface area (Å²) >= 11 is 0. The highest BCUT2D eigenvalue weighted by Crippen LogP contribution is 2.33. The maximum absolute atomic E-state index is 5.36. The lowest BCUT2D eigenvalue weighted by Crippen LogP contribution is -2.43. The molecule has 0 radical (unpaired) electrons. The van der Waals surface area contributed by atoms with Crippen LogP contribution >= 0.6 is 0 Å². The lowest BCUT2D eigenvalue weighted by molar-refractivity contribution is 0.321. The van der Waals surface area contributed by atoms with E-state index >= 15 is 0 Å². The van der Waals surface area contributed by atoms with Gasteiger partial charge < -0.3 is 10.1 Å². The van der Waals surface area contributed by atoms with Gasteiger partial charge in [-0.15, -0.1) is 0 Å². The summed E-state index contributed by atoms with van der Waals surface area (Å²) in [6.07, 6.45) is 6.37. The number of benzene rings is 1. The molecule has 2 aliphatic rings.